The van der Waals surface area contributed by atoms with Gasteiger partial charge in [0, 0.05) is 18.8 Å². The number of hydrogen-bond donors (Lipinski definition) is 1. The lowest BCUT2D eigenvalue weighted by Gasteiger charge is -2.37. The van der Waals surface area contributed by atoms with Crippen LogP contribution in [0.25, 0.3) is 0 Å². The maximum atomic E-state index is 12.7. The largest absolute Gasteiger partial charge is 0.417 e. The topological polar surface area (TPSA) is 28.2 Å². The molecule has 0 bridgehead atoms. The Morgan fingerprint density at radius 1 is 1.43 bits per heavy atom. The molecular weight excluding hydrogens is 303 g/mol. The van der Waals surface area contributed by atoms with Gasteiger partial charge >= 0.3 is 6.18 Å². The Kier molecular flexibility index (Phi) is 5.32. The molecule has 7 heteroatoms. The van der Waals surface area contributed by atoms with E-state index in [9.17, 15) is 13.2 Å². The molecule has 1 aromatic rings. The second-order valence-corrected chi connectivity index (χ2v) is 5.67. The van der Waals surface area contributed by atoms with Crippen LogP contribution >= 0.6 is 11.6 Å². The molecule has 3 nitrogen and oxygen atoms in total. The lowest BCUT2D eigenvalue weighted by atomic mass is 9.99. The van der Waals surface area contributed by atoms with Gasteiger partial charge in [-0.05, 0) is 45.3 Å². The minimum absolute atomic E-state index is 0.0705. The number of halogens is 4. The van der Waals surface area contributed by atoms with Gasteiger partial charge < -0.3 is 10.2 Å². The third kappa shape index (κ3) is 4.01. The summed E-state index contributed by atoms with van der Waals surface area (Å²) in [7, 11) is 1.89. The summed E-state index contributed by atoms with van der Waals surface area (Å²) < 4.78 is 38.0. The number of alkyl halides is 3. The highest BCUT2D eigenvalue weighted by molar-refractivity contribution is 6.33. The minimum Gasteiger partial charge on any atom is -0.352 e. The Balaban J connectivity index is 2.22. The standard InChI is InChI=1S/C14H19ClF3N3/c1-19-6-5-11-4-2-3-7-21(11)13-12(15)8-10(9-20-13)14(16,17)18/h8-9,11,19H,2-7H2,1H3. The van der Waals surface area contributed by atoms with Crippen molar-refractivity contribution in [3.8, 4) is 0 Å². The van der Waals surface area contributed by atoms with Crippen LogP contribution in [0.1, 0.15) is 31.2 Å². The number of nitrogens with zero attached hydrogens (tertiary/aromatic N) is 2. The second-order valence-electron chi connectivity index (χ2n) is 5.26. The van der Waals surface area contributed by atoms with Gasteiger partial charge in [-0.1, -0.05) is 11.6 Å². The summed E-state index contributed by atoms with van der Waals surface area (Å²) in [6, 6.07) is 1.24. The highest BCUT2D eigenvalue weighted by Crippen LogP contribution is 2.35. The van der Waals surface area contributed by atoms with Gasteiger partial charge in [0.1, 0.15) is 5.82 Å². The van der Waals surface area contributed by atoms with Gasteiger partial charge in [-0.25, -0.2) is 4.98 Å². The summed E-state index contributed by atoms with van der Waals surface area (Å²) >= 11 is 6.05. The van der Waals surface area contributed by atoms with Gasteiger partial charge in [0.15, 0.2) is 0 Å². The zero-order chi connectivity index (χ0) is 15.5. The summed E-state index contributed by atoms with van der Waals surface area (Å²) in [5.74, 6) is 0.463. The van der Waals surface area contributed by atoms with Gasteiger partial charge in [0.05, 0.1) is 10.6 Å². The van der Waals surface area contributed by atoms with Gasteiger partial charge in [-0.3, -0.25) is 0 Å². The molecule has 118 valence electrons. The molecule has 0 amide bonds. The fourth-order valence-corrected chi connectivity index (χ4v) is 2.96. The molecule has 0 aromatic carbocycles. The number of rotatable bonds is 4. The predicted molar refractivity (Wildman–Crippen MR) is 77.8 cm³/mol. The number of nitrogens with one attached hydrogen (secondary N) is 1. The van der Waals surface area contributed by atoms with Crippen LogP contribution in [0.3, 0.4) is 0 Å². The second kappa shape index (κ2) is 6.83. The number of hydrogen-bond acceptors (Lipinski definition) is 3. The average molecular weight is 322 g/mol. The predicted octanol–water partition coefficient (Wildman–Crippen LogP) is 3.72. The Morgan fingerprint density at radius 2 is 2.19 bits per heavy atom. The molecule has 1 aliphatic heterocycles. The van der Waals surface area contributed by atoms with Gasteiger partial charge in [-0.2, -0.15) is 13.2 Å². The van der Waals surface area contributed by atoms with Crippen LogP contribution in [0.15, 0.2) is 12.3 Å². The van der Waals surface area contributed by atoms with Crippen LogP contribution in [-0.4, -0.2) is 31.2 Å². The highest BCUT2D eigenvalue weighted by atomic mass is 35.5. The van der Waals surface area contributed by atoms with Gasteiger partial charge in [-0.15, -0.1) is 0 Å². The van der Waals surface area contributed by atoms with Gasteiger partial charge in [0.2, 0.25) is 0 Å². The van der Waals surface area contributed by atoms with E-state index in [2.05, 4.69) is 10.3 Å². The van der Waals surface area contributed by atoms with Crippen molar-refractivity contribution in [2.24, 2.45) is 0 Å². The monoisotopic (exact) mass is 321 g/mol. The Hall–Kier alpha value is -1.01. The van der Waals surface area contributed by atoms with E-state index in [-0.39, 0.29) is 11.1 Å². The first-order valence-electron chi connectivity index (χ1n) is 7.07. The maximum Gasteiger partial charge on any atom is 0.417 e. The smallest absolute Gasteiger partial charge is 0.352 e. The molecular formula is C14H19ClF3N3. The molecule has 1 unspecified atom stereocenters. The number of pyridine rings is 1. The molecule has 0 radical (unpaired) electrons. The molecule has 2 rings (SSSR count). The summed E-state index contributed by atoms with van der Waals surface area (Å²) in [4.78, 5) is 6.03. The third-order valence-electron chi connectivity index (χ3n) is 3.78. The Morgan fingerprint density at radius 3 is 2.81 bits per heavy atom. The van der Waals surface area contributed by atoms with E-state index < -0.39 is 11.7 Å². The fraction of sp³-hybridized carbons (Fsp3) is 0.643. The average Bonchev–Trinajstić information content (AvgIpc) is 2.44. The molecule has 1 aromatic heterocycles. The van der Waals surface area contributed by atoms with E-state index in [1.165, 1.54) is 0 Å². The van der Waals surface area contributed by atoms with Crippen molar-refractivity contribution >= 4 is 17.4 Å². The highest BCUT2D eigenvalue weighted by Gasteiger charge is 2.33. The zero-order valence-electron chi connectivity index (χ0n) is 11.9. The molecule has 0 spiro atoms. The molecule has 1 fully saturated rings. The first-order chi connectivity index (χ1) is 9.93. The third-order valence-corrected chi connectivity index (χ3v) is 4.05. The van der Waals surface area contributed by atoms with Crippen LogP contribution in [0.5, 0.6) is 0 Å². The number of aromatic nitrogens is 1. The van der Waals surface area contributed by atoms with E-state index in [0.717, 1.165) is 51.0 Å². The minimum atomic E-state index is -4.41. The molecule has 21 heavy (non-hydrogen) atoms. The van der Waals surface area contributed by atoms with Crippen LogP contribution in [0.4, 0.5) is 19.0 Å². The molecule has 0 aliphatic carbocycles. The van der Waals surface area contributed by atoms with E-state index in [4.69, 9.17) is 11.6 Å². The van der Waals surface area contributed by atoms with Crippen LogP contribution < -0.4 is 10.2 Å². The number of piperidine rings is 1. The fourth-order valence-electron chi connectivity index (χ4n) is 2.69. The van der Waals surface area contributed by atoms with Crippen molar-refractivity contribution in [3.63, 3.8) is 0 Å². The molecule has 2 heterocycles. The summed E-state index contributed by atoms with van der Waals surface area (Å²) in [5, 5.41) is 3.17. The van der Waals surface area contributed by atoms with Crippen molar-refractivity contribution in [1.29, 1.82) is 0 Å². The van der Waals surface area contributed by atoms with Gasteiger partial charge in [0.25, 0.3) is 0 Å². The maximum absolute atomic E-state index is 12.7. The number of anilines is 1. The molecule has 1 N–H and O–H groups in total. The SMILES string of the molecule is CNCCC1CCCCN1c1ncc(C(F)(F)F)cc1Cl. The van der Waals surface area contributed by atoms with E-state index in [1.807, 2.05) is 11.9 Å². The molecule has 0 saturated carbocycles. The lowest BCUT2D eigenvalue weighted by molar-refractivity contribution is -0.137. The normalized spacial score (nSPS) is 19.9. The molecule has 1 saturated heterocycles. The van der Waals surface area contributed by atoms with E-state index in [1.54, 1.807) is 0 Å². The van der Waals surface area contributed by atoms with Crippen LogP contribution in [0, 0.1) is 0 Å². The summed E-state index contributed by atoms with van der Waals surface area (Å²) in [6.07, 6.45) is 0.530. The van der Waals surface area contributed by atoms with E-state index in [0.29, 0.717) is 5.82 Å². The quantitative estimate of drug-likeness (QED) is 0.916. The van der Waals surface area contributed by atoms with Crippen molar-refractivity contribution in [3.05, 3.63) is 22.8 Å². The van der Waals surface area contributed by atoms with Crippen molar-refractivity contribution in [2.75, 3.05) is 25.0 Å². The van der Waals surface area contributed by atoms with Crippen LogP contribution in [0.2, 0.25) is 5.02 Å². The zero-order valence-corrected chi connectivity index (χ0v) is 12.6. The summed E-state index contributed by atoms with van der Waals surface area (Å²) in [6.45, 7) is 1.64. The van der Waals surface area contributed by atoms with E-state index >= 15 is 0 Å². The Bertz CT molecular complexity index is 479. The van der Waals surface area contributed by atoms with Crippen molar-refractivity contribution in [2.45, 2.75) is 37.9 Å². The van der Waals surface area contributed by atoms with Crippen molar-refractivity contribution in [1.82, 2.24) is 10.3 Å². The Labute approximate surface area is 127 Å². The first kappa shape index (κ1) is 16.4. The molecule has 1 atom stereocenters. The lowest BCUT2D eigenvalue weighted by Crippen LogP contribution is -2.41. The summed E-state index contributed by atoms with van der Waals surface area (Å²) in [5.41, 5.74) is -0.806. The van der Waals surface area contributed by atoms with Crippen molar-refractivity contribution < 1.29 is 13.2 Å². The first-order valence-corrected chi connectivity index (χ1v) is 7.45. The molecule has 1 aliphatic rings. The van der Waals surface area contributed by atoms with Crippen LogP contribution in [-0.2, 0) is 6.18 Å².